The van der Waals surface area contributed by atoms with Crippen molar-refractivity contribution >= 4 is 10.2 Å². The minimum Gasteiger partial charge on any atom is -0.379 e. The molecule has 6 heteroatoms. The zero-order valence-corrected chi connectivity index (χ0v) is 11.0. The maximum Gasteiger partial charge on any atom is 0.282 e. The van der Waals surface area contributed by atoms with Gasteiger partial charge in [-0.25, -0.2) is 0 Å². The maximum absolute atomic E-state index is 12.2. The Morgan fingerprint density at radius 2 is 1.88 bits per heavy atom. The van der Waals surface area contributed by atoms with Crippen LogP contribution in [0.25, 0.3) is 0 Å². The van der Waals surface area contributed by atoms with Gasteiger partial charge in [0.15, 0.2) is 0 Å². The van der Waals surface area contributed by atoms with E-state index in [1.54, 1.807) is 4.31 Å². The highest BCUT2D eigenvalue weighted by Gasteiger charge is 2.29. The van der Waals surface area contributed by atoms with Crippen molar-refractivity contribution in [3.05, 3.63) is 0 Å². The van der Waals surface area contributed by atoms with E-state index >= 15 is 0 Å². The summed E-state index contributed by atoms with van der Waals surface area (Å²) in [4.78, 5) is 0. The molecule has 1 saturated heterocycles. The van der Waals surface area contributed by atoms with Gasteiger partial charge in [0, 0.05) is 26.2 Å². The zero-order valence-electron chi connectivity index (χ0n) is 10.2. The fourth-order valence-electron chi connectivity index (χ4n) is 1.71. The van der Waals surface area contributed by atoms with Crippen LogP contribution in [0.3, 0.4) is 0 Å². The van der Waals surface area contributed by atoms with Crippen LogP contribution in [0.1, 0.15) is 26.7 Å². The first-order chi connectivity index (χ1) is 7.62. The normalized spacial score (nSPS) is 19.2. The van der Waals surface area contributed by atoms with Crippen LogP contribution in [0.5, 0.6) is 0 Å². The molecule has 0 spiro atoms. The number of morpholine rings is 1. The second-order valence-electron chi connectivity index (χ2n) is 3.86. The van der Waals surface area contributed by atoms with E-state index < -0.39 is 10.2 Å². The number of nitrogens with zero attached hydrogens (tertiary/aromatic N) is 2. The van der Waals surface area contributed by atoms with Crippen LogP contribution in [0.15, 0.2) is 0 Å². The Bertz CT molecular complexity index is 286. The molecule has 0 bridgehead atoms. The summed E-state index contributed by atoms with van der Waals surface area (Å²) in [6.45, 7) is 7.07. The van der Waals surface area contributed by atoms with Gasteiger partial charge in [-0.05, 0) is 6.42 Å². The minimum absolute atomic E-state index is 0.477. The van der Waals surface area contributed by atoms with Crippen molar-refractivity contribution in [1.82, 2.24) is 8.61 Å². The minimum atomic E-state index is -3.26. The molecule has 0 atom stereocenters. The summed E-state index contributed by atoms with van der Waals surface area (Å²) in [7, 11) is -3.26. The molecule has 0 radical (unpaired) electrons. The van der Waals surface area contributed by atoms with Crippen molar-refractivity contribution in [2.45, 2.75) is 26.7 Å². The van der Waals surface area contributed by atoms with Crippen LogP contribution in [0.4, 0.5) is 0 Å². The fraction of sp³-hybridized carbons (Fsp3) is 1.00. The molecular weight excluding hydrogens is 228 g/mol. The lowest BCUT2D eigenvalue weighted by atomic mass is 10.3. The van der Waals surface area contributed by atoms with E-state index in [-0.39, 0.29) is 0 Å². The van der Waals surface area contributed by atoms with Crippen LogP contribution in [0, 0.1) is 0 Å². The van der Waals surface area contributed by atoms with Gasteiger partial charge in [0.2, 0.25) is 0 Å². The van der Waals surface area contributed by atoms with Crippen LogP contribution < -0.4 is 0 Å². The van der Waals surface area contributed by atoms with E-state index in [2.05, 4.69) is 6.92 Å². The molecule has 0 aliphatic carbocycles. The van der Waals surface area contributed by atoms with Crippen molar-refractivity contribution in [3.8, 4) is 0 Å². The monoisotopic (exact) mass is 250 g/mol. The second kappa shape index (κ2) is 6.54. The first kappa shape index (κ1) is 13.9. The van der Waals surface area contributed by atoms with Gasteiger partial charge in [0.25, 0.3) is 10.2 Å². The van der Waals surface area contributed by atoms with E-state index in [0.29, 0.717) is 39.4 Å². The summed E-state index contributed by atoms with van der Waals surface area (Å²) in [6, 6.07) is 0. The van der Waals surface area contributed by atoms with E-state index in [4.69, 9.17) is 4.74 Å². The molecule has 1 heterocycles. The Balaban J connectivity index is 2.64. The van der Waals surface area contributed by atoms with Gasteiger partial charge >= 0.3 is 0 Å². The lowest BCUT2D eigenvalue weighted by molar-refractivity contribution is 0.0702. The van der Waals surface area contributed by atoms with Gasteiger partial charge in [-0.3, -0.25) is 0 Å². The van der Waals surface area contributed by atoms with Gasteiger partial charge < -0.3 is 4.74 Å². The summed E-state index contributed by atoms with van der Waals surface area (Å²) in [6.07, 6.45) is 1.92. The topological polar surface area (TPSA) is 49.9 Å². The summed E-state index contributed by atoms with van der Waals surface area (Å²) >= 11 is 0. The Hall–Kier alpha value is -0.170. The number of hydrogen-bond donors (Lipinski definition) is 0. The molecule has 1 aliphatic heterocycles. The Morgan fingerprint density at radius 3 is 2.38 bits per heavy atom. The molecule has 0 unspecified atom stereocenters. The van der Waals surface area contributed by atoms with Crippen LogP contribution in [0.2, 0.25) is 0 Å². The first-order valence-corrected chi connectivity index (χ1v) is 7.35. The molecule has 1 rings (SSSR count). The standard InChI is InChI=1S/C10H22N2O3S/c1-3-5-6-11(4-2)16(13,14)12-7-9-15-10-8-12/h3-10H2,1-2H3. The lowest BCUT2D eigenvalue weighted by Crippen LogP contribution is -2.48. The average Bonchev–Trinajstić information content (AvgIpc) is 2.31. The third-order valence-corrected chi connectivity index (χ3v) is 4.85. The van der Waals surface area contributed by atoms with E-state index in [0.717, 1.165) is 12.8 Å². The number of hydrogen-bond acceptors (Lipinski definition) is 3. The molecule has 16 heavy (non-hydrogen) atoms. The van der Waals surface area contributed by atoms with E-state index in [9.17, 15) is 8.42 Å². The fourth-order valence-corrected chi connectivity index (χ4v) is 3.33. The Morgan fingerprint density at radius 1 is 1.25 bits per heavy atom. The highest BCUT2D eigenvalue weighted by molar-refractivity contribution is 7.86. The van der Waals surface area contributed by atoms with Crippen LogP contribution in [-0.4, -0.2) is 56.4 Å². The number of rotatable bonds is 6. The molecule has 0 aromatic carbocycles. The lowest BCUT2D eigenvalue weighted by Gasteiger charge is -2.31. The van der Waals surface area contributed by atoms with E-state index in [1.807, 2.05) is 6.92 Å². The molecule has 0 saturated carbocycles. The van der Waals surface area contributed by atoms with Gasteiger partial charge in [0.05, 0.1) is 13.2 Å². The van der Waals surface area contributed by atoms with Crippen molar-refractivity contribution in [1.29, 1.82) is 0 Å². The molecule has 0 aromatic rings. The van der Waals surface area contributed by atoms with Crippen molar-refractivity contribution in [3.63, 3.8) is 0 Å². The number of unbranched alkanes of at least 4 members (excludes halogenated alkanes) is 1. The molecule has 96 valence electrons. The molecule has 5 nitrogen and oxygen atoms in total. The van der Waals surface area contributed by atoms with Gasteiger partial charge in [0.1, 0.15) is 0 Å². The highest BCUT2D eigenvalue weighted by atomic mass is 32.2. The summed E-state index contributed by atoms with van der Waals surface area (Å²) in [5.74, 6) is 0. The van der Waals surface area contributed by atoms with Crippen molar-refractivity contribution in [2.24, 2.45) is 0 Å². The molecular formula is C10H22N2O3S. The van der Waals surface area contributed by atoms with E-state index in [1.165, 1.54) is 4.31 Å². The predicted molar refractivity (Wildman–Crippen MR) is 63.5 cm³/mol. The van der Waals surface area contributed by atoms with Crippen molar-refractivity contribution in [2.75, 3.05) is 39.4 Å². The Labute approximate surface area is 98.5 Å². The molecule has 1 fully saturated rings. The third-order valence-electron chi connectivity index (χ3n) is 2.74. The van der Waals surface area contributed by atoms with Crippen molar-refractivity contribution < 1.29 is 13.2 Å². The number of ether oxygens (including phenoxy) is 1. The Kier molecular flexibility index (Phi) is 5.68. The van der Waals surface area contributed by atoms with Gasteiger partial charge in [-0.2, -0.15) is 17.0 Å². The summed E-state index contributed by atoms with van der Waals surface area (Å²) in [5, 5.41) is 0. The summed E-state index contributed by atoms with van der Waals surface area (Å²) in [5.41, 5.74) is 0. The maximum atomic E-state index is 12.2. The molecule has 0 N–H and O–H groups in total. The first-order valence-electron chi connectivity index (χ1n) is 5.95. The molecule has 0 amide bonds. The smallest absolute Gasteiger partial charge is 0.282 e. The van der Waals surface area contributed by atoms with Crippen LogP contribution >= 0.6 is 0 Å². The highest BCUT2D eigenvalue weighted by Crippen LogP contribution is 2.11. The van der Waals surface area contributed by atoms with Crippen LogP contribution in [-0.2, 0) is 14.9 Å². The third kappa shape index (κ3) is 3.41. The quantitative estimate of drug-likeness (QED) is 0.697. The average molecular weight is 250 g/mol. The SMILES string of the molecule is CCCCN(CC)S(=O)(=O)N1CCOCC1. The zero-order chi connectivity index (χ0) is 12.0. The second-order valence-corrected chi connectivity index (χ2v) is 5.79. The summed E-state index contributed by atoms with van der Waals surface area (Å²) < 4.78 is 32.7. The predicted octanol–water partition coefficient (Wildman–Crippen LogP) is 0.685. The van der Waals surface area contributed by atoms with Gasteiger partial charge in [-0.15, -0.1) is 0 Å². The largest absolute Gasteiger partial charge is 0.379 e. The van der Waals surface area contributed by atoms with Gasteiger partial charge in [-0.1, -0.05) is 20.3 Å². The molecule has 0 aromatic heterocycles. The molecule has 1 aliphatic rings.